The summed E-state index contributed by atoms with van der Waals surface area (Å²) in [6.45, 7) is 6.72. The Balaban J connectivity index is 1.70. The van der Waals surface area contributed by atoms with E-state index >= 15 is 0 Å². The van der Waals surface area contributed by atoms with Crippen LogP contribution in [-0.2, 0) is 10.1 Å². The van der Waals surface area contributed by atoms with Gasteiger partial charge in [0.05, 0.1) is 16.5 Å². The molecule has 0 bridgehead atoms. The van der Waals surface area contributed by atoms with E-state index in [9.17, 15) is 8.42 Å². The highest BCUT2D eigenvalue weighted by Crippen LogP contribution is 2.45. The van der Waals surface area contributed by atoms with Crippen molar-refractivity contribution in [3.8, 4) is 0 Å². The molecule has 1 N–H and O–H groups in total. The minimum Gasteiger partial charge on any atom is -0.335 e. The van der Waals surface area contributed by atoms with Gasteiger partial charge in [-0.1, -0.05) is 66.5 Å². The van der Waals surface area contributed by atoms with Gasteiger partial charge in [0.2, 0.25) is 0 Å². The van der Waals surface area contributed by atoms with E-state index in [1.165, 1.54) is 10.5 Å². The van der Waals surface area contributed by atoms with Gasteiger partial charge in [-0.05, 0) is 49.3 Å². The van der Waals surface area contributed by atoms with Crippen molar-refractivity contribution < 1.29 is 13.0 Å². The summed E-state index contributed by atoms with van der Waals surface area (Å²) >= 11 is 3.28. The number of para-hydroxylation sites is 1. The molecule has 2 aromatic rings. The number of aryl methyl sites for hydroxylation is 1. The van der Waals surface area contributed by atoms with Crippen molar-refractivity contribution in [2.75, 3.05) is 17.2 Å². The Labute approximate surface area is 181 Å². The Bertz CT molecular complexity index is 1060. The molecule has 0 fully saturated rings. The molecule has 1 heterocycles. The van der Waals surface area contributed by atoms with Gasteiger partial charge in [-0.25, -0.2) is 0 Å². The topological polar surface area (TPSA) is 57.6 Å². The first-order chi connectivity index (χ1) is 13.8. The quantitative estimate of drug-likeness (QED) is 0.311. The van der Waals surface area contributed by atoms with Crippen molar-refractivity contribution >= 4 is 39.3 Å². The largest absolute Gasteiger partial charge is 0.335 e. The molecule has 0 atom stereocenters. The molecular weight excluding hydrogens is 422 g/mol. The second kappa shape index (κ2) is 9.71. The molecule has 7 heteroatoms. The fourth-order valence-electron chi connectivity index (χ4n) is 2.90. The maximum atomic E-state index is 11.0. The van der Waals surface area contributed by atoms with E-state index in [1.807, 2.05) is 54.6 Å². The smallest absolute Gasteiger partial charge is 0.264 e. The average molecular weight is 446 g/mol. The summed E-state index contributed by atoms with van der Waals surface area (Å²) in [4.78, 5) is 5.35. The average Bonchev–Trinajstić information content (AvgIpc) is 3.00. The minimum atomic E-state index is -3.95. The van der Waals surface area contributed by atoms with Crippen LogP contribution < -0.4 is 4.90 Å². The van der Waals surface area contributed by atoms with E-state index in [0.29, 0.717) is 13.0 Å². The third kappa shape index (κ3) is 6.27. The van der Waals surface area contributed by atoms with Crippen LogP contribution in [0.5, 0.6) is 0 Å². The van der Waals surface area contributed by atoms with E-state index < -0.39 is 10.1 Å². The van der Waals surface area contributed by atoms with Crippen LogP contribution in [0.4, 0.5) is 5.69 Å². The van der Waals surface area contributed by atoms with E-state index in [2.05, 4.69) is 30.5 Å². The number of benzene rings is 2. The zero-order valence-corrected chi connectivity index (χ0v) is 18.6. The van der Waals surface area contributed by atoms with E-state index in [-0.39, 0.29) is 5.75 Å². The van der Waals surface area contributed by atoms with Crippen LogP contribution in [-0.4, -0.2) is 25.3 Å². The zero-order chi connectivity index (χ0) is 20.9. The van der Waals surface area contributed by atoms with Crippen molar-refractivity contribution in [1.29, 1.82) is 0 Å². The molecule has 0 amide bonds. The fraction of sp³-hybridized carbons (Fsp3) is 0.182. The maximum Gasteiger partial charge on any atom is 0.264 e. The van der Waals surface area contributed by atoms with Crippen LogP contribution in [0, 0.1) is 6.92 Å². The van der Waals surface area contributed by atoms with Crippen LogP contribution in [0.15, 0.2) is 93.1 Å². The molecule has 0 spiro atoms. The van der Waals surface area contributed by atoms with Crippen LogP contribution in [0.3, 0.4) is 0 Å². The summed E-state index contributed by atoms with van der Waals surface area (Å²) in [6, 6.07) is 16.2. The van der Waals surface area contributed by atoms with E-state index in [0.717, 1.165) is 20.5 Å². The molecule has 0 aliphatic carbocycles. The fourth-order valence-corrected chi connectivity index (χ4v) is 5.30. The second-order valence-electron chi connectivity index (χ2n) is 6.56. The summed E-state index contributed by atoms with van der Waals surface area (Å²) in [5, 5.41) is 1.02. The molecule has 2 aromatic carbocycles. The number of fused-ring (bicyclic) bond motifs is 1. The van der Waals surface area contributed by atoms with Crippen molar-refractivity contribution in [2.45, 2.75) is 23.1 Å². The molecule has 0 aromatic heterocycles. The van der Waals surface area contributed by atoms with Crippen LogP contribution in [0.1, 0.15) is 12.0 Å². The van der Waals surface area contributed by atoms with Gasteiger partial charge in [0.25, 0.3) is 10.1 Å². The van der Waals surface area contributed by atoms with E-state index in [1.54, 1.807) is 23.5 Å². The number of nitrogens with zero attached hydrogens (tertiary/aromatic N) is 1. The standard InChI is InChI=1S/C22H23NO3S3/c1-17-9-3-5-12-20(17)27-18(2)10-7-14-22-23(15-8-16-29(24,25)26)19-11-4-6-13-21(19)28-22/h3-7,9-14H,2,8,15-16H2,1H3,(H,24,25,26)/b10-7+,22-14+. The first-order valence-electron chi connectivity index (χ1n) is 9.14. The molecule has 1 aliphatic rings. The number of rotatable bonds is 8. The molecule has 3 rings (SSSR count). The molecule has 0 unspecified atom stereocenters. The number of anilines is 1. The lowest BCUT2D eigenvalue weighted by molar-refractivity contribution is 0.481. The summed E-state index contributed by atoms with van der Waals surface area (Å²) in [7, 11) is -3.95. The first kappa shape index (κ1) is 21.8. The first-order valence-corrected chi connectivity index (χ1v) is 12.4. The molecule has 1 aliphatic heterocycles. The van der Waals surface area contributed by atoms with Gasteiger partial charge in [0.15, 0.2) is 0 Å². The van der Waals surface area contributed by atoms with Crippen LogP contribution in [0.2, 0.25) is 0 Å². The highest BCUT2D eigenvalue weighted by Gasteiger charge is 2.24. The molecule has 0 radical (unpaired) electrons. The number of allylic oxidation sites excluding steroid dienone is 3. The Morgan fingerprint density at radius 2 is 1.93 bits per heavy atom. The van der Waals surface area contributed by atoms with Gasteiger partial charge in [-0.3, -0.25) is 4.55 Å². The van der Waals surface area contributed by atoms with Crippen LogP contribution in [0.25, 0.3) is 0 Å². The van der Waals surface area contributed by atoms with Gasteiger partial charge in [-0.15, -0.1) is 0 Å². The monoisotopic (exact) mass is 445 g/mol. The molecule has 0 saturated heterocycles. The predicted molar refractivity (Wildman–Crippen MR) is 124 cm³/mol. The van der Waals surface area contributed by atoms with Crippen molar-refractivity contribution in [2.24, 2.45) is 0 Å². The molecule has 0 saturated carbocycles. The maximum absolute atomic E-state index is 11.0. The summed E-state index contributed by atoms with van der Waals surface area (Å²) in [5.41, 5.74) is 2.28. The number of thioether (sulfide) groups is 2. The van der Waals surface area contributed by atoms with Gasteiger partial charge < -0.3 is 4.90 Å². The number of hydrogen-bond acceptors (Lipinski definition) is 5. The summed E-state index contributed by atoms with van der Waals surface area (Å²) in [5.74, 6) is -0.247. The lowest BCUT2D eigenvalue weighted by Gasteiger charge is -2.19. The lowest BCUT2D eigenvalue weighted by atomic mass is 10.2. The highest BCUT2D eigenvalue weighted by atomic mass is 32.2. The van der Waals surface area contributed by atoms with Crippen molar-refractivity contribution in [3.63, 3.8) is 0 Å². The Kier molecular flexibility index (Phi) is 7.29. The zero-order valence-electron chi connectivity index (χ0n) is 16.1. The summed E-state index contributed by atoms with van der Waals surface area (Å²) in [6.07, 6.45) is 6.31. The normalized spacial score (nSPS) is 15.2. The third-order valence-electron chi connectivity index (χ3n) is 4.28. The van der Waals surface area contributed by atoms with Gasteiger partial charge in [0.1, 0.15) is 0 Å². The molecule has 4 nitrogen and oxygen atoms in total. The van der Waals surface area contributed by atoms with Gasteiger partial charge >= 0.3 is 0 Å². The van der Waals surface area contributed by atoms with Gasteiger partial charge in [0, 0.05) is 21.2 Å². The minimum absolute atomic E-state index is 0.247. The number of hydrogen-bond donors (Lipinski definition) is 1. The SMILES string of the molecule is C=C(/C=C/C=C1/Sc2ccccc2N1CCCS(=O)(=O)O)Sc1ccccc1C. The van der Waals surface area contributed by atoms with Crippen molar-refractivity contribution in [1.82, 2.24) is 0 Å². The molecule has 29 heavy (non-hydrogen) atoms. The lowest BCUT2D eigenvalue weighted by Crippen LogP contribution is -2.21. The van der Waals surface area contributed by atoms with E-state index in [4.69, 9.17) is 4.55 Å². The Morgan fingerprint density at radius 1 is 1.21 bits per heavy atom. The van der Waals surface area contributed by atoms with Crippen molar-refractivity contribution in [3.05, 3.63) is 88.8 Å². The Morgan fingerprint density at radius 3 is 2.69 bits per heavy atom. The molecule has 152 valence electrons. The third-order valence-corrected chi connectivity index (χ3v) is 7.29. The Hall–Kier alpha value is -1.93. The highest BCUT2D eigenvalue weighted by molar-refractivity contribution is 8.03. The predicted octanol–water partition coefficient (Wildman–Crippen LogP) is 5.89. The van der Waals surface area contributed by atoms with Crippen LogP contribution >= 0.6 is 23.5 Å². The second-order valence-corrected chi connectivity index (χ2v) is 10.4. The summed E-state index contributed by atoms with van der Waals surface area (Å²) < 4.78 is 31.1. The van der Waals surface area contributed by atoms with Gasteiger partial charge in [-0.2, -0.15) is 8.42 Å². The molecular formula is C22H23NO3S3.